The van der Waals surface area contributed by atoms with Crippen LogP contribution in [0.15, 0.2) is 48.7 Å². The minimum Gasteiger partial charge on any atom is -0.454 e. The molecule has 3 aromatic rings. The molecular weight excluding hydrogens is 356 g/mol. The van der Waals surface area contributed by atoms with Gasteiger partial charge in [-0.3, -0.25) is 0 Å². The summed E-state index contributed by atoms with van der Waals surface area (Å²) in [4.78, 5) is 8.65. The second-order valence-electron chi connectivity index (χ2n) is 5.53. The zero-order valence-electron chi connectivity index (χ0n) is 13.6. The van der Waals surface area contributed by atoms with Crippen molar-refractivity contribution in [1.82, 2.24) is 9.97 Å². The van der Waals surface area contributed by atoms with Gasteiger partial charge in [0, 0.05) is 11.9 Å². The number of aliphatic hydroxyl groups is 1. The Morgan fingerprint density at radius 1 is 1.12 bits per heavy atom. The molecule has 26 heavy (non-hydrogen) atoms. The Bertz CT molecular complexity index is 951. The molecule has 0 radical (unpaired) electrons. The molecule has 4 rings (SSSR count). The lowest BCUT2D eigenvalue weighted by molar-refractivity contribution is 0.174. The van der Waals surface area contributed by atoms with E-state index in [4.69, 9.17) is 21.1 Å². The number of nitrogens with zero attached hydrogens (tertiary/aromatic N) is 2. The Morgan fingerprint density at radius 3 is 2.92 bits per heavy atom. The van der Waals surface area contributed by atoms with Crippen LogP contribution in [0.5, 0.6) is 11.5 Å². The third-order valence-corrected chi connectivity index (χ3v) is 4.08. The molecule has 2 heterocycles. The summed E-state index contributed by atoms with van der Waals surface area (Å²) in [5, 5.41) is 16.0. The molecule has 0 bridgehead atoms. The van der Waals surface area contributed by atoms with Crippen molar-refractivity contribution in [3.05, 3.63) is 59.2 Å². The highest BCUT2D eigenvalue weighted by atomic mass is 35.5. The summed E-state index contributed by atoms with van der Waals surface area (Å²) in [6.07, 6.45) is 1.63. The Hall–Kier alpha value is -3.03. The van der Waals surface area contributed by atoms with Gasteiger partial charge < -0.3 is 25.2 Å². The van der Waals surface area contributed by atoms with E-state index in [9.17, 15) is 5.11 Å². The maximum absolute atomic E-state index is 9.24. The number of hydrogen-bond donors (Lipinski definition) is 3. The van der Waals surface area contributed by atoms with Gasteiger partial charge in [0.1, 0.15) is 11.5 Å². The lowest BCUT2D eigenvalue weighted by atomic mass is 10.2. The van der Waals surface area contributed by atoms with E-state index in [1.807, 2.05) is 24.3 Å². The molecule has 1 aliphatic heterocycles. The summed E-state index contributed by atoms with van der Waals surface area (Å²) in [7, 11) is 0. The van der Waals surface area contributed by atoms with E-state index >= 15 is 0 Å². The Kier molecular flexibility index (Phi) is 4.47. The van der Waals surface area contributed by atoms with Crippen molar-refractivity contribution in [3.63, 3.8) is 0 Å². The average Bonchev–Trinajstić information content (AvgIpc) is 3.14. The maximum atomic E-state index is 9.24. The fraction of sp³-hybridized carbons (Fsp3) is 0.111. The van der Waals surface area contributed by atoms with E-state index in [1.54, 1.807) is 24.4 Å². The Balaban J connectivity index is 1.58. The van der Waals surface area contributed by atoms with Crippen molar-refractivity contribution in [2.75, 3.05) is 17.4 Å². The molecule has 2 aromatic carbocycles. The third kappa shape index (κ3) is 3.35. The van der Waals surface area contributed by atoms with Gasteiger partial charge in [0.05, 0.1) is 11.6 Å². The first-order valence-corrected chi connectivity index (χ1v) is 8.26. The van der Waals surface area contributed by atoms with Crippen LogP contribution in [0.4, 0.5) is 23.1 Å². The van der Waals surface area contributed by atoms with Crippen LogP contribution in [0.3, 0.4) is 0 Å². The van der Waals surface area contributed by atoms with Gasteiger partial charge in [0.25, 0.3) is 0 Å². The molecule has 7 nitrogen and oxygen atoms in total. The van der Waals surface area contributed by atoms with E-state index in [0.29, 0.717) is 34.0 Å². The van der Waals surface area contributed by atoms with Gasteiger partial charge in [0.15, 0.2) is 11.5 Å². The number of hydrogen-bond acceptors (Lipinski definition) is 7. The number of benzene rings is 2. The Labute approximate surface area is 154 Å². The monoisotopic (exact) mass is 370 g/mol. The summed E-state index contributed by atoms with van der Waals surface area (Å²) < 4.78 is 10.9. The van der Waals surface area contributed by atoms with Gasteiger partial charge >= 0.3 is 0 Å². The number of aromatic nitrogens is 2. The number of anilines is 4. The number of aliphatic hydroxyl groups excluding tert-OH is 1. The largest absolute Gasteiger partial charge is 0.454 e. The van der Waals surface area contributed by atoms with Gasteiger partial charge in [-0.1, -0.05) is 23.7 Å². The minimum absolute atomic E-state index is 0.0301. The van der Waals surface area contributed by atoms with Crippen molar-refractivity contribution < 1.29 is 14.6 Å². The zero-order valence-corrected chi connectivity index (χ0v) is 14.3. The molecule has 0 unspecified atom stereocenters. The lowest BCUT2D eigenvalue weighted by Crippen LogP contribution is -2.02. The molecular formula is C18H15ClN4O3. The predicted octanol–water partition coefficient (Wildman–Crippen LogP) is 3.84. The average molecular weight is 371 g/mol. The van der Waals surface area contributed by atoms with Crippen LogP contribution >= 0.6 is 11.6 Å². The first-order chi connectivity index (χ1) is 12.7. The smallest absolute Gasteiger partial charge is 0.231 e. The first kappa shape index (κ1) is 16.4. The fourth-order valence-electron chi connectivity index (χ4n) is 2.56. The number of nitrogens with one attached hydrogen (secondary N) is 2. The van der Waals surface area contributed by atoms with E-state index in [1.165, 1.54) is 0 Å². The molecule has 0 aliphatic carbocycles. The first-order valence-electron chi connectivity index (χ1n) is 7.88. The van der Waals surface area contributed by atoms with Gasteiger partial charge in [-0.15, -0.1) is 0 Å². The number of fused-ring (bicyclic) bond motifs is 1. The zero-order chi connectivity index (χ0) is 17.9. The summed E-state index contributed by atoms with van der Waals surface area (Å²) >= 11 is 6.28. The van der Waals surface area contributed by atoms with Crippen LogP contribution in [-0.4, -0.2) is 21.9 Å². The van der Waals surface area contributed by atoms with Crippen molar-refractivity contribution in [3.8, 4) is 11.5 Å². The molecule has 1 aromatic heterocycles. The van der Waals surface area contributed by atoms with Crippen molar-refractivity contribution in [1.29, 1.82) is 0 Å². The minimum atomic E-state index is -0.0301. The summed E-state index contributed by atoms with van der Waals surface area (Å²) in [5.41, 5.74) is 2.17. The quantitative estimate of drug-likeness (QED) is 0.628. The SMILES string of the molecule is OCc1cccc(Nc2nccc(Nc3c(Cl)ccc4c3OCO4)n2)c1. The number of rotatable bonds is 5. The molecule has 0 fully saturated rings. The molecule has 8 heteroatoms. The van der Waals surface area contributed by atoms with Crippen LogP contribution in [0.25, 0.3) is 0 Å². The third-order valence-electron chi connectivity index (χ3n) is 3.76. The number of ether oxygens (including phenoxy) is 2. The lowest BCUT2D eigenvalue weighted by Gasteiger charge is -2.12. The van der Waals surface area contributed by atoms with Gasteiger partial charge in [-0.05, 0) is 35.9 Å². The molecule has 0 saturated heterocycles. The van der Waals surface area contributed by atoms with Crippen molar-refractivity contribution in [2.24, 2.45) is 0 Å². The van der Waals surface area contributed by atoms with Crippen LogP contribution in [0.1, 0.15) is 5.56 Å². The van der Waals surface area contributed by atoms with E-state index in [-0.39, 0.29) is 13.4 Å². The molecule has 3 N–H and O–H groups in total. The van der Waals surface area contributed by atoms with Crippen LogP contribution in [0.2, 0.25) is 5.02 Å². The predicted molar refractivity (Wildman–Crippen MR) is 98.5 cm³/mol. The molecule has 0 spiro atoms. The Morgan fingerprint density at radius 2 is 2.04 bits per heavy atom. The second-order valence-corrected chi connectivity index (χ2v) is 5.94. The van der Waals surface area contributed by atoms with Gasteiger partial charge in [-0.25, -0.2) is 4.98 Å². The van der Waals surface area contributed by atoms with Crippen molar-refractivity contribution >= 4 is 34.7 Å². The van der Waals surface area contributed by atoms with Crippen LogP contribution in [-0.2, 0) is 6.61 Å². The van der Waals surface area contributed by atoms with Crippen LogP contribution in [0, 0.1) is 0 Å². The fourth-order valence-corrected chi connectivity index (χ4v) is 2.75. The van der Waals surface area contributed by atoms with E-state index in [2.05, 4.69) is 20.6 Å². The van der Waals surface area contributed by atoms with E-state index in [0.717, 1.165) is 11.3 Å². The van der Waals surface area contributed by atoms with Gasteiger partial charge in [0.2, 0.25) is 12.7 Å². The molecule has 1 aliphatic rings. The highest BCUT2D eigenvalue weighted by Gasteiger charge is 2.20. The topological polar surface area (TPSA) is 88.5 Å². The summed E-state index contributed by atoms with van der Waals surface area (Å²) in [6, 6.07) is 12.6. The van der Waals surface area contributed by atoms with Crippen molar-refractivity contribution in [2.45, 2.75) is 6.61 Å². The second kappa shape index (κ2) is 7.07. The highest BCUT2D eigenvalue weighted by molar-refractivity contribution is 6.33. The van der Waals surface area contributed by atoms with Gasteiger partial charge in [-0.2, -0.15) is 4.98 Å². The van der Waals surface area contributed by atoms with Crippen LogP contribution < -0.4 is 20.1 Å². The summed E-state index contributed by atoms with van der Waals surface area (Å²) in [5.74, 6) is 2.14. The summed E-state index contributed by atoms with van der Waals surface area (Å²) in [6.45, 7) is 0.125. The molecule has 0 atom stereocenters. The maximum Gasteiger partial charge on any atom is 0.231 e. The normalized spacial score (nSPS) is 12.1. The molecule has 132 valence electrons. The van der Waals surface area contributed by atoms with E-state index < -0.39 is 0 Å². The number of halogens is 1. The highest BCUT2D eigenvalue weighted by Crippen LogP contribution is 2.44. The standard InChI is InChI=1S/C18H15ClN4O3/c19-13-4-5-14-17(26-10-25-14)16(13)22-15-6-7-20-18(23-15)21-12-3-1-2-11(8-12)9-24/h1-8,24H,9-10H2,(H2,20,21,22,23). The molecule has 0 amide bonds. The molecule has 0 saturated carbocycles.